The van der Waals surface area contributed by atoms with E-state index in [1.807, 2.05) is 0 Å². The van der Waals surface area contributed by atoms with Gasteiger partial charge in [-0.15, -0.1) is 0 Å². The van der Waals surface area contributed by atoms with Crippen molar-refractivity contribution in [3.8, 4) is 5.75 Å². The van der Waals surface area contributed by atoms with Gasteiger partial charge in [-0.1, -0.05) is 23.2 Å². The summed E-state index contributed by atoms with van der Waals surface area (Å²) in [4.78, 5) is 13.1. The van der Waals surface area contributed by atoms with E-state index in [2.05, 4.69) is 9.73 Å². The molecule has 0 unspecified atom stereocenters. The molecule has 21 heavy (non-hydrogen) atoms. The Balaban J connectivity index is 3.19. The Hall–Kier alpha value is -1.44. The monoisotopic (exact) mass is 353 g/mol. The molecular formula is C10H3Cl2F6NO2. The molecule has 0 atom stereocenters. The number of halogens is 8. The van der Waals surface area contributed by atoms with Crippen molar-refractivity contribution in [1.82, 2.24) is 0 Å². The van der Waals surface area contributed by atoms with Crippen LogP contribution in [0.25, 0.3) is 0 Å². The van der Waals surface area contributed by atoms with Gasteiger partial charge in [0.1, 0.15) is 5.75 Å². The minimum Gasteiger partial charge on any atom is -0.426 e. The molecule has 0 fully saturated rings. The summed E-state index contributed by atoms with van der Waals surface area (Å²) in [6.07, 6.45) is -9.12. The predicted octanol–water partition coefficient (Wildman–Crippen LogP) is 4.83. The number of aliphatic imine (C=N–C) groups is 1. The zero-order valence-electron chi connectivity index (χ0n) is 9.52. The summed E-state index contributed by atoms with van der Waals surface area (Å²) in [7, 11) is 0. The number of rotatable bonds is 5. The van der Waals surface area contributed by atoms with Gasteiger partial charge in [0.05, 0.1) is 15.7 Å². The minimum absolute atomic E-state index is 0.298. The largest absolute Gasteiger partial charge is 0.470 e. The van der Waals surface area contributed by atoms with Crippen molar-refractivity contribution in [1.29, 1.82) is 0 Å². The molecule has 0 radical (unpaired) electrons. The van der Waals surface area contributed by atoms with Crippen LogP contribution in [0.4, 0.5) is 32.0 Å². The van der Waals surface area contributed by atoms with Crippen molar-refractivity contribution in [3.63, 3.8) is 0 Å². The van der Waals surface area contributed by atoms with E-state index in [1.165, 1.54) is 0 Å². The van der Waals surface area contributed by atoms with Gasteiger partial charge in [0.2, 0.25) is 6.08 Å². The number of ether oxygens (including phenoxy) is 1. The normalized spacial score (nSPS) is 12.2. The van der Waals surface area contributed by atoms with Crippen LogP contribution in [-0.2, 0) is 4.79 Å². The van der Waals surface area contributed by atoms with Gasteiger partial charge in [-0.05, 0) is 6.07 Å². The average molecular weight is 354 g/mol. The predicted molar refractivity (Wildman–Crippen MR) is 60.8 cm³/mol. The molecule has 0 saturated carbocycles. The molecule has 11 heteroatoms. The molecule has 0 aliphatic rings. The first kappa shape index (κ1) is 17.6. The van der Waals surface area contributed by atoms with Gasteiger partial charge >= 0.3 is 18.5 Å². The Labute approximate surface area is 123 Å². The van der Waals surface area contributed by atoms with Crippen LogP contribution in [0.1, 0.15) is 0 Å². The second-order valence-electron chi connectivity index (χ2n) is 3.48. The highest BCUT2D eigenvalue weighted by Gasteiger charge is 2.66. The van der Waals surface area contributed by atoms with Crippen LogP contribution >= 0.6 is 23.2 Å². The summed E-state index contributed by atoms with van der Waals surface area (Å²) < 4.78 is 78.9. The van der Waals surface area contributed by atoms with E-state index in [4.69, 9.17) is 23.2 Å². The van der Waals surface area contributed by atoms with Gasteiger partial charge in [0.15, 0.2) is 0 Å². The fourth-order valence-electron chi connectivity index (χ4n) is 1.06. The third-order valence-electron chi connectivity index (χ3n) is 2.07. The minimum atomic E-state index is -5.75. The lowest BCUT2D eigenvalue weighted by Crippen LogP contribution is -2.50. The van der Waals surface area contributed by atoms with Crippen molar-refractivity contribution < 1.29 is 35.9 Å². The molecule has 0 N–H and O–H groups in total. The van der Waals surface area contributed by atoms with Gasteiger partial charge in [-0.2, -0.15) is 22.6 Å². The van der Waals surface area contributed by atoms with Gasteiger partial charge in [0, 0.05) is 6.07 Å². The van der Waals surface area contributed by atoms with Crippen LogP contribution in [0.5, 0.6) is 5.75 Å². The Bertz CT molecular complexity index is 589. The molecule has 1 aromatic carbocycles. The molecule has 0 aromatic heterocycles. The Kier molecular flexibility index (Phi) is 5.14. The maximum Gasteiger partial charge on any atom is 0.470 e. The van der Waals surface area contributed by atoms with E-state index in [0.717, 1.165) is 12.1 Å². The third-order valence-corrected chi connectivity index (χ3v) is 2.67. The van der Waals surface area contributed by atoms with Gasteiger partial charge in [-0.3, -0.25) is 0 Å². The molecule has 0 aliphatic heterocycles. The Morgan fingerprint density at radius 1 is 1.14 bits per heavy atom. The van der Waals surface area contributed by atoms with Crippen LogP contribution < -0.4 is 4.74 Å². The van der Waals surface area contributed by atoms with Gasteiger partial charge in [0.25, 0.3) is 0 Å². The first-order valence-electron chi connectivity index (χ1n) is 4.82. The number of carbonyl (C=O) groups excluding carboxylic acids is 1. The van der Waals surface area contributed by atoms with Crippen molar-refractivity contribution in [2.45, 2.75) is 18.5 Å². The summed E-state index contributed by atoms with van der Waals surface area (Å²) in [5.41, 5.74) is -0.298. The fourth-order valence-corrected chi connectivity index (χ4v) is 1.46. The number of isocyanates is 1. The smallest absolute Gasteiger partial charge is 0.426 e. The number of alkyl halides is 6. The molecule has 0 bridgehead atoms. The van der Waals surface area contributed by atoms with E-state index in [9.17, 15) is 31.1 Å². The molecule has 1 aromatic rings. The maximum absolute atomic E-state index is 13.1. The van der Waals surface area contributed by atoms with Crippen molar-refractivity contribution in [2.24, 2.45) is 4.99 Å². The Morgan fingerprint density at radius 2 is 1.71 bits per heavy atom. The molecule has 0 heterocycles. The average Bonchev–Trinajstić information content (AvgIpc) is 2.35. The van der Waals surface area contributed by atoms with Crippen molar-refractivity contribution >= 4 is 35.0 Å². The number of hydrogen-bond donors (Lipinski definition) is 0. The lowest BCUT2D eigenvalue weighted by atomic mass is 10.3. The highest BCUT2D eigenvalue weighted by atomic mass is 35.5. The van der Waals surface area contributed by atoms with E-state index in [-0.39, 0.29) is 5.69 Å². The number of hydrogen-bond acceptors (Lipinski definition) is 3. The van der Waals surface area contributed by atoms with Crippen LogP contribution in [-0.4, -0.2) is 24.5 Å². The summed E-state index contributed by atoms with van der Waals surface area (Å²) in [5, 5.41) is -1.16. The number of benzene rings is 1. The Morgan fingerprint density at radius 3 is 2.19 bits per heavy atom. The van der Waals surface area contributed by atoms with Crippen molar-refractivity contribution in [3.05, 3.63) is 22.2 Å². The zero-order valence-corrected chi connectivity index (χ0v) is 11.0. The van der Waals surface area contributed by atoms with E-state index in [0.29, 0.717) is 6.07 Å². The molecule has 0 saturated heterocycles. The van der Waals surface area contributed by atoms with Crippen LogP contribution in [0.2, 0.25) is 10.0 Å². The summed E-state index contributed by atoms with van der Waals surface area (Å²) >= 11 is 10.9. The van der Waals surface area contributed by atoms with E-state index < -0.39 is 34.3 Å². The van der Waals surface area contributed by atoms with E-state index in [1.54, 1.807) is 0 Å². The molecule has 0 amide bonds. The number of nitrogens with zero attached hydrogens (tertiary/aromatic N) is 1. The van der Waals surface area contributed by atoms with Gasteiger partial charge < -0.3 is 4.74 Å². The topological polar surface area (TPSA) is 38.7 Å². The summed E-state index contributed by atoms with van der Waals surface area (Å²) in [5.74, 6) is -6.83. The standard InChI is InChI=1S/C10H3Cl2F6NO2/c11-4-2-7(5(12)1-6(4)19-3-20)21-10(17,18)9(15,16)8(13)14/h1-2,8H. The zero-order chi connectivity index (χ0) is 16.4. The molecule has 3 nitrogen and oxygen atoms in total. The maximum atomic E-state index is 13.1. The van der Waals surface area contributed by atoms with Gasteiger partial charge in [-0.25, -0.2) is 13.6 Å². The first-order chi connectivity index (χ1) is 9.52. The van der Waals surface area contributed by atoms with Crippen LogP contribution in [0.15, 0.2) is 17.1 Å². The second-order valence-corrected chi connectivity index (χ2v) is 4.29. The third kappa shape index (κ3) is 3.61. The second kappa shape index (κ2) is 6.13. The molecular weight excluding hydrogens is 351 g/mol. The molecule has 0 aliphatic carbocycles. The lowest BCUT2D eigenvalue weighted by molar-refractivity contribution is -0.342. The molecule has 116 valence electrons. The summed E-state index contributed by atoms with van der Waals surface area (Å²) in [6.45, 7) is 0. The van der Waals surface area contributed by atoms with Crippen LogP contribution in [0, 0.1) is 0 Å². The first-order valence-corrected chi connectivity index (χ1v) is 5.58. The van der Waals surface area contributed by atoms with E-state index >= 15 is 0 Å². The highest BCUT2D eigenvalue weighted by Crippen LogP contribution is 2.44. The highest BCUT2D eigenvalue weighted by molar-refractivity contribution is 6.36. The molecule has 1 rings (SSSR count). The summed E-state index contributed by atoms with van der Waals surface area (Å²) in [6, 6.07) is 1.26. The SMILES string of the molecule is O=C=Nc1cc(Cl)c(OC(F)(F)C(F)(F)C(F)F)cc1Cl. The fraction of sp³-hybridized carbons (Fsp3) is 0.300. The lowest BCUT2D eigenvalue weighted by Gasteiger charge is -2.26. The molecule has 0 spiro atoms. The van der Waals surface area contributed by atoms with Crippen LogP contribution in [0.3, 0.4) is 0 Å². The van der Waals surface area contributed by atoms with Crippen molar-refractivity contribution in [2.75, 3.05) is 0 Å². The quantitative estimate of drug-likeness (QED) is 0.432.